The molecule has 0 saturated carbocycles. The molecule has 0 radical (unpaired) electrons. The Bertz CT molecular complexity index is 2830. The first-order valence-corrected chi connectivity index (χ1v) is 17.8. The Labute approximate surface area is 311 Å². The molecule has 0 amide bonds. The van der Waals surface area contributed by atoms with E-state index in [4.69, 9.17) is 13.8 Å². The minimum atomic E-state index is 0.618. The number of aromatic nitrogens is 4. The van der Waals surface area contributed by atoms with Crippen molar-refractivity contribution in [1.29, 1.82) is 0 Å². The Morgan fingerprint density at radius 2 is 0.759 bits per heavy atom. The summed E-state index contributed by atoms with van der Waals surface area (Å²) in [5.74, 6) is 1.24. The number of hydrogen-bond donors (Lipinski definition) is 0. The standard InChI is InChI=1S/C48H30N4O2/c1-3-10-44-42(8-1)51-47(53-44)37-24-16-33(17-25-37)31-12-20-35(21-13-31)39-28-29-41(40-7-5-6-30-49-40)50-46(39)36-22-14-32(15-23-36)34-18-26-38(27-19-34)48-52-43-9-2-4-11-45(43)54-48/h1-30H. The smallest absolute Gasteiger partial charge is 0.227 e. The van der Waals surface area contributed by atoms with E-state index in [1.165, 1.54) is 0 Å². The highest BCUT2D eigenvalue weighted by molar-refractivity contribution is 5.85. The monoisotopic (exact) mass is 694 g/mol. The van der Waals surface area contributed by atoms with Crippen LogP contribution in [0.4, 0.5) is 0 Å². The predicted octanol–water partition coefficient (Wildman–Crippen LogP) is 12.4. The fourth-order valence-electron chi connectivity index (χ4n) is 6.83. The van der Waals surface area contributed by atoms with E-state index in [0.29, 0.717) is 11.8 Å². The average Bonchev–Trinajstić information content (AvgIpc) is 3.90. The Hall–Kier alpha value is -7.44. The van der Waals surface area contributed by atoms with Crippen LogP contribution in [-0.4, -0.2) is 19.9 Å². The lowest BCUT2D eigenvalue weighted by atomic mass is 9.95. The van der Waals surface area contributed by atoms with E-state index in [9.17, 15) is 0 Å². The van der Waals surface area contributed by atoms with Gasteiger partial charge in [0.1, 0.15) is 11.0 Å². The summed E-state index contributed by atoms with van der Waals surface area (Å²) in [6.07, 6.45) is 1.80. The highest BCUT2D eigenvalue weighted by Gasteiger charge is 2.15. The normalized spacial score (nSPS) is 11.3. The summed E-state index contributed by atoms with van der Waals surface area (Å²) >= 11 is 0. The van der Waals surface area contributed by atoms with Crippen molar-refractivity contribution in [2.45, 2.75) is 0 Å². The maximum atomic E-state index is 5.98. The molecule has 6 aromatic carbocycles. The van der Waals surface area contributed by atoms with Crippen LogP contribution in [0, 0.1) is 0 Å². The molecule has 6 nitrogen and oxygen atoms in total. The Kier molecular flexibility index (Phi) is 7.69. The first kappa shape index (κ1) is 31.3. The molecule has 0 spiro atoms. The first-order chi connectivity index (χ1) is 26.7. The van der Waals surface area contributed by atoms with Crippen molar-refractivity contribution in [1.82, 2.24) is 19.9 Å². The molecule has 6 heteroatoms. The Morgan fingerprint density at radius 3 is 1.24 bits per heavy atom. The van der Waals surface area contributed by atoms with Crippen LogP contribution in [0.1, 0.15) is 0 Å². The summed E-state index contributed by atoms with van der Waals surface area (Å²) in [5.41, 5.74) is 15.3. The van der Waals surface area contributed by atoms with E-state index >= 15 is 0 Å². The van der Waals surface area contributed by atoms with Crippen LogP contribution in [0.2, 0.25) is 0 Å². The van der Waals surface area contributed by atoms with Crippen molar-refractivity contribution in [3.8, 4) is 78.9 Å². The van der Waals surface area contributed by atoms with Gasteiger partial charge in [0.25, 0.3) is 0 Å². The minimum absolute atomic E-state index is 0.618. The highest BCUT2D eigenvalue weighted by Crippen LogP contribution is 2.36. The van der Waals surface area contributed by atoms with Gasteiger partial charge in [-0.15, -0.1) is 0 Å². The fourth-order valence-corrected chi connectivity index (χ4v) is 6.83. The first-order valence-electron chi connectivity index (χ1n) is 17.8. The summed E-state index contributed by atoms with van der Waals surface area (Å²) in [6.45, 7) is 0. The van der Waals surface area contributed by atoms with Crippen LogP contribution < -0.4 is 0 Å². The van der Waals surface area contributed by atoms with Gasteiger partial charge in [0, 0.05) is 28.5 Å². The quantitative estimate of drug-likeness (QED) is 0.165. The van der Waals surface area contributed by atoms with Gasteiger partial charge in [0.15, 0.2) is 11.2 Å². The van der Waals surface area contributed by atoms with Gasteiger partial charge in [-0.3, -0.25) is 4.98 Å². The van der Waals surface area contributed by atoms with Gasteiger partial charge in [-0.05, 0) is 101 Å². The van der Waals surface area contributed by atoms with E-state index in [1.807, 2.05) is 72.8 Å². The fraction of sp³-hybridized carbons (Fsp3) is 0. The summed E-state index contributed by atoms with van der Waals surface area (Å²) in [6, 6.07) is 59.6. The lowest BCUT2D eigenvalue weighted by molar-refractivity contribution is 0.619. The number of benzene rings is 6. The molecule has 10 aromatic rings. The van der Waals surface area contributed by atoms with Crippen LogP contribution >= 0.6 is 0 Å². The van der Waals surface area contributed by atoms with Crippen LogP contribution in [0.3, 0.4) is 0 Å². The third-order valence-corrected chi connectivity index (χ3v) is 9.69. The Morgan fingerprint density at radius 1 is 0.315 bits per heavy atom. The molecule has 254 valence electrons. The highest BCUT2D eigenvalue weighted by atomic mass is 16.4. The maximum Gasteiger partial charge on any atom is 0.227 e. The maximum absolute atomic E-state index is 5.98. The van der Waals surface area contributed by atoms with Gasteiger partial charge in [-0.1, -0.05) is 103 Å². The van der Waals surface area contributed by atoms with Crippen molar-refractivity contribution in [2.24, 2.45) is 0 Å². The summed E-state index contributed by atoms with van der Waals surface area (Å²) < 4.78 is 12.0. The third kappa shape index (κ3) is 5.91. The lowest BCUT2D eigenvalue weighted by Crippen LogP contribution is -1.94. The Balaban J connectivity index is 0.944. The van der Waals surface area contributed by atoms with Crippen molar-refractivity contribution in [3.05, 3.63) is 182 Å². The van der Waals surface area contributed by atoms with Gasteiger partial charge in [-0.2, -0.15) is 0 Å². The molecule has 10 rings (SSSR count). The predicted molar refractivity (Wildman–Crippen MR) is 215 cm³/mol. The molecular weight excluding hydrogens is 665 g/mol. The molecule has 0 atom stereocenters. The van der Waals surface area contributed by atoms with Gasteiger partial charge >= 0.3 is 0 Å². The van der Waals surface area contributed by atoms with Gasteiger partial charge in [0.05, 0.1) is 17.1 Å². The molecular formula is C48H30N4O2. The third-order valence-electron chi connectivity index (χ3n) is 9.69. The van der Waals surface area contributed by atoms with E-state index in [1.54, 1.807) is 6.20 Å². The summed E-state index contributed by atoms with van der Waals surface area (Å²) in [5, 5.41) is 0. The number of para-hydroxylation sites is 4. The van der Waals surface area contributed by atoms with Gasteiger partial charge in [0.2, 0.25) is 11.8 Å². The molecule has 0 bridgehead atoms. The van der Waals surface area contributed by atoms with E-state index < -0.39 is 0 Å². The molecule has 4 aromatic heterocycles. The number of oxazole rings is 2. The molecule has 0 fully saturated rings. The van der Waals surface area contributed by atoms with Crippen molar-refractivity contribution >= 4 is 22.2 Å². The van der Waals surface area contributed by atoms with Crippen molar-refractivity contribution < 1.29 is 8.83 Å². The van der Waals surface area contributed by atoms with Crippen LogP contribution in [0.5, 0.6) is 0 Å². The molecule has 0 aliphatic carbocycles. The van der Waals surface area contributed by atoms with Gasteiger partial charge in [-0.25, -0.2) is 15.0 Å². The average molecular weight is 695 g/mol. The summed E-state index contributed by atoms with van der Waals surface area (Å²) in [7, 11) is 0. The molecule has 54 heavy (non-hydrogen) atoms. The number of rotatable bonds is 7. The molecule has 0 aliphatic rings. The number of fused-ring (bicyclic) bond motifs is 2. The molecule has 0 N–H and O–H groups in total. The number of pyridine rings is 2. The molecule has 0 unspecified atom stereocenters. The SMILES string of the molecule is c1ccc(-c2ccc(-c3ccc(-c4ccc(-c5nc6ccccc6o5)cc4)cc3)c(-c3ccc(-c4ccc(-c5nc6ccccc6o5)cc4)cc3)n2)nc1. The second kappa shape index (κ2) is 13.3. The zero-order valence-electron chi connectivity index (χ0n) is 28.9. The molecule has 0 aliphatic heterocycles. The number of hydrogen-bond acceptors (Lipinski definition) is 6. The van der Waals surface area contributed by atoms with E-state index in [0.717, 1.165) is 89.4 Å². The van der Waals surface area contributed by atoms with Crippen LogP contribution in [0.15, 0.2) is 191 Å². The van der Waals surface area contributed by atoms with Crippen LogP contribution in [-0.2, 0) is 0 Å². The zero-order chi connectivity index (χ0) is 35.8. The second-order valence-corrected chi connectivity index (χ2v) is 13.1. The van der Waals surface area contributed by atoms with Crippen molar-refractivity contribution in [2.75, 3.05) is 0 Å². The summed E-state index contributed by atoms with van der Waals surface area (Å²) in [4.78, 5) is 19.1. The second-order valence-electron chi connectivity index (χ2n) is 13.1. The molecule has 4 heterocycles. The van der Waals surface area contributed by atoms with Gasteiger partial charge < -0.3 is 8.83 Å². The lowest BCUT2D eigenvalue weighted by Gasteiger charge is -2.13. The van der Waals surface area contributed by atoms with Crippen molar-refractivity contribution in [3.63, 3.8) is 0 Å². The topological polar surface area (TPSA) is 77.8 Å². The minimum Gasteiger partial charge on any atom is -0.436 e. The van der Waals surface area contributed by atoms with E-state index in [-0.39, 0.29) is 0 Å². The zero-order valence-corrected chi connectivity index (χ0v) is 28.9. The van der Waals surface area contributed by atoms with Crippen LogP contribution in [0.25, 0.3) is 101 Å². The largest absolute Gasteiger partial charge is 0.436 e. The number of nitrogens with zero attached hydrogens (tertiary/aromatic N) is 4. The molecule has 0 saturated heterocycles. The van der Waals surface area contributed by atoms with E-state index in [2.05, 4.69) is 118 Å².